The lowest BCUT2D eigenvalue weighted by Crippen LogP contribution is -2.31. The fourth-order valence-electron chi connectivity index (χ4n) is 3.30. The summed E-state index contributed by atoms with van der Waals surface area (Å²) in [7, 11) is 1.77. The summed E-state index contributed by atoms with van der Waals surface area (Å²) < 4.78 is 20.3. The molecule has 2 aromatic rings. The van der Waals surface area contributed by atoms with Crippen LogP contribution < -0.4 is 5.32 Å². The van der Waals surface area contributed by atoms with Crippen molar-refractivity contribution < 1.29 is 19.3 Å². The molecule has 0 unspecified atom stereocenters. The molecule has 0 bridgehead atoms. The summed E-state index contributed by atoms with van der Waals surface area (Å²) in [6.07, 6.45) is -0.265. The van der Waals surface area contributed by atoms with E-state index in [0.717, 1.165) is 0 Å². The van der Waals surface area contributed by atoms with Gasteiger partial charge in [0.1, 0.15) is 24.6 Å². The van der Waals surface area contributed by atoms with Crippen LogP contribution in [0.5, 0.6) is 0 Å². The smallest absolute Gasteiger partial charge is 0.181 e. The second-order valence-corrected chi connectivity index (χ2v) is 6.92. The number of aliphatic hydroxyl groups is 1. The predicted octanol–water partition coefficient (Wildman–Crippen LogP) is 1.04. The summed E-state index contributed by atoms with van der Waals surface area (Å²) in [5.74, 6) is -0.115. The van der Waals surface area contributed by atoms with Crippen LogP contribution in [0, 0.1) is 0 Å². The summed E-state index contributed by atoms with van der Waals surface area (Å²) in [5, 5.41) is 12.6. The minimum absolute atomic E-state index is 0.155. The van der Waals surface area contributed by atoms with Gasteiger partial charge in [-0.1, -0.05) is 0 Å². The summed E-state index contributed by atoms with van der Waals surface area (Å²) in [6.45, 7) is 3.54. The highest BCUT2D eigenvalue weighted by Crippen LogP contribution is 2.44. The number of hydrogen-bond donors (Lipinski definition) is 2. The number of fused-ring (bicyclic) bond motifs is 2. The molecule has 0 spiro atoms. The van der Waals surface area contributed by atoms with E-state index in [2.05, 4.69) is 36.2 Å². The van der Waals surface area contributed by atoms with Gasteiger partial charge in [0.2, 0.25) is 0 Å². The van der Waals surface area contributed by atoms with Gasteiger partial charge < -0.3 is 24.6 Å². The van der Waals surface area contributed by atoms with Gasteiger partial charge in [-0.05, 0) is 29.8 Å². The van der Waals surface area contributed by atoms with Crippen molar-refractivity contribution in [1.29, 1.82) is 0 Å². The van der Waals surface area contributed by atoms with Crippen LogP contribution in [0.25, 0.3) is 11.2 Å². The van der Waals surface area contributed by atoms with E-state index < -0.39 is 18.1 Å². The number of hydrogen-bond acceptors (Lipinski definition) is 8. The van der Waals surface area contributed by atoms with E-state index in [0.29, 0.717) is 21.7 Å². The van der Waals surface area contributed by atoms with E-state index in [1.165, 1.54) is 6.33 Å². The Labute approximate surface area is 146 Å². The molecule has 2 aliphatic rings. The zero-order chi connectivity index (χ0) is 17.1. The summed E-state index contributed by atoms with van der Waals surface area (Å²) in [4.78, 5) is 13.0. The van der Waals surface area contributed by atoms with E-state index in [1.54, 1.807) is 11.6 Å². The van der Waals surface area contributed by atoms with Gasteiger partial charge in [-0.3, -0.25) is 4.57 Å². The lowest BCUT2D eigenvalue weighted by Gasteiger charge is -2.24. The maximum atomic E-state index is 9.63. The number of aliphatic hydroxyl groups excluding tert-OH is 1. The Hall–Kier alpha value is -1.33. The predicted molar refractivity (Wildman–Crippen MR) is 87.4 cm³/mol. The Kier molecular flexibility index (Phi) is 3.77. The molecule has 0 aromatic carbocycles. The van der Waals surface area contributed by atoms with Crippen LogP contribution in [0.3, 0.4) is 0 Å². The van der Waals surface area contributed by atoms with Crippen molar-refractivity contribution in [3.8, 4) is 0 Å². The van der Waals surface area contributed by atoms with Gasteiger partial charge in [0, 0.05) is 7.05 Å². The zero-order valence-corrected chi connectivity index (χ0v) is 15.0. The van der Waals surface area contributed by atoms with Crippen molar-refractivity contribution in [2.45, 2.75) is 44.2 Å². The second kappa shape index (κ2) is 5.60. The highest BCUT2D eigenvalue weighted by molar-refractivity contribution is 9.10. The summed E-state index contributed by atoms with van der Waals surface area (Å²) in [6, 6.07) is 0. The third-order valence-corrected chi connectivity index (χ3v) is 4.79. The van der Waals surface area contributed by atoms with Gasteiger partial charge in [-0.15, -0.1) is 0 Å². The molecule has 2 N–H and O–H groups in total. The molecule has 2 aromatic heterocycles. The normalized spacial score (nSPS) is 31.5. The lowest BCUT2D eigenvalue weighted by atomic mass is 10.1. The summed E-state index contributed by atoms with van der Waals surface area (Å²) in [5.41, 5.74) is 1.23. The van der Waals surface area contributed by atoms with E-state index >= 15 is 0 Å². The zero-order valence-electron chi connectivity index (χ0n) is 13.4. The van der Waals surface area contributed by atoms with E-state index in [1.807, 2.05) is 13.8 Å². The van der Waals surface area contributed by atoms with Gasteiger partial charge in [0.15, 0.2) is 33.7 Å². The van der Waals surface area contributed by atoms with E-state index in [4.69, 9.17) is 14.2 Å². The molecule has 10 heteroatoms. The van der Waals surface area contributed by atoms with E-state index in [-0.39, 0.29) is 18.8 Å². The Morgan fingerprint density at radius 2 is 2.08 bits per heavy atom. The monoisotopic (exact) mass is 399 g/mol. The van der Waals surface area contributed by atoms with Crippen LogP contribution in [0.4, 0.5) is 5.82 Å². The molecule has 24 heavy (non-hydrogen) atoms. The Bertz CT molecular complexity index is 782. The quantitative estimate of drug-likeness (QED) is 0.737. The molecule has 0 saturated carbocycles. The number of rotatable bonds is 3. The molecule has 2 aliphatic heterocycles. The molecular weight excluding hydrogens is 382 g/mol. The van der Waals surface area contributed by atoms with Gasteiger partial charge in [-0.2, -0.15) is 0 Å². The van der Waals surface area contributed by atoms with Gasteiger partial charge >= 0.3 is 0 Å². The molecular formula is C14H18BrN5O4. The van der Waals surface area contributed by atoms with E-state index in [9.17, 15) is 5.11 Å². The lowest BCUT2D eigenvalue weighted by molar-refractivity contribution is -0.200. The highest BCUT2D eigenvalue weighted by Gasteiger charge is 2.56. The first-order valence-corrected chi connectivity index (χ1v) is 8.42. The molecule has 130 valence electrons. The number of halogens is 1. The third kappa shape index (κ3) is 2.32. The van der Waals surface area contributed by atoms with Crippen molar-refractivity contribution in [3.63, 3.8) is 0 Å². The first-order valence-electron chi connectivity index (χ1n) is 7.63. The second-order valence-electron chi connectivity index (χ2n) is 6.21. The number of nitrogens with zero attached hydrogens (tertiary/aromatic N) is 4. The molecule has 0 radical (unpaired) electrons. The van der Waals surface area contributed by atoms with Crippen molar-refractivity contribution in [3.05, 3.63) is 11.1 Å². The van der Waals surface area contributed by atoms with Crippen LogP contribution in [0.2, 0.25) is 0 Å². The first kappa shape index (κ1) is 16.2. The van der Waals surface area contributed by atoms with Crippen molar-refractivity contribution >= 4 is 32.9 Å². The average molecular weight is 400 g/mol. The molecule has 4 heterocycles. The largest absolute Gasteiger partial charge is 0.394 e. The maximum Gasteiger partial charge on any atom is 0.181 e. The molecule has 4 atom stereocenters. The maximum absolute atomic E-state index is 9.63. The number of imidazole rings is 1. The van der Waals surface area contributed by atoms with Gasteiger partial charge in [0.05, 0.1) is 6.61 Å². The fourth-order valence-corrected chi connectivity index (χ4v) is 3.85. The van der Waals surface area contributed by atoms with Crippen molar-refractivity contribution in [1.82, 2.24) is 19.5 Å². The van der Waals surface area contributed by atoms with Crippen LogP contribution in [0.15, 0.2) is 11.1 Å². The van der Waals surface area contributed by atoms with Crippen molar-refractivity contribution in [2.24, 2.45) is 0 Å². The third-order valence-electron chi connectivity index (χ3n) is 4.23. The molecule has 4 rings (SSSR count). The van der Waals surface area contributed by atoms with Crippen LogP contribution in [0.1, 0.15) is 20.1 Å². The Balaban J connectivity index is 1.81. The fraction of sp³-hybridized carbons (Fsp3) is 0.643. The van der Waals surface area contributed by atoms with Crippen LogP contribution in [-0.2, 0) is 14.2 Å². The van der Waals surface area contributed by atoms with Crippen LogP contribution >= 0.6 is 15.9 Å². The SMILES string of the molecule is CNc1ncnc2c1nc(Br)n2[C@@H]1O[C@H](CO)[C@H]2OC(C)(C)O[C@H]21. The minimum atomic E-state index is -0.737. The minimum Gasteiger partial charge on any atom is -0.394 e. The summed E-state index contributed by atoms with van der Waals surface area (Å²) >= 11 is 3.47. The van der Waals surface area contributed by atoms with Crippen molar-refractivity contribution in [2.75, 3.05) is 19.0 Å². The number of anilines is 1. The topological polar surface area (TPSA) is 104 Å². The van der Waals surface area contributed by atoms with Gasteiger partial charge in [-0.25, -0.2) is 15.0 Å². The highest BCUT2D eigenvalue weighted by atomic mass is 79.9. The molecule has 2 fully saturated rings. The first-order chi connectivity index (χ1) is 11.4. The molecule has 0 aliphatic carbocycles. The van der Waals surface area contributed by atoms with Crippen LogP contribution in [-0.4, -0.2) is 62.4 Å². The number of ether oxygens (including phenoxy) is 3. The number of aromatic nitrogens is 4. The average Bonchev–Trinajstić information content (AvgIpc) is 3.14. The molecule has 0 amide bonds. The Morgan fingerprint density at radius 1 is 1.33 bits per heavy atom. The Morgan fingerprint density at radius 3 is 2.79 bits per heavy atom. The number of nitrogens with one attached hydrogen (secondary N) is 1. The van der Waals surface area contributed by atoms with Gasteiger partial charge in [0.25, 0.3) is 0 Å². The standard InChI is InChI=1S/C14H18BrN5O4/c1-14(2)23-8-6(4-21)22-12(9(8)24-14)20-11-7(19-13(20)15)10(16-3)17-5-18-11/h5-6,8-9,12,21H,4H2,1-3H3,(H,16,17,18)/t6-,8-,9-,12-/m1/s1. The molecule has 2 saturated heterocycles. The molecule has 9 nitrogen and oxygen atoms in total.